The largest absolute Gasteiger partial charge is 0.332 e. The molecule has 4 rings (SSSR count). The topological polar surface area (TPSA) is 51.0 Å². The molecule has 2 aromatic heterocycles. The molecule has 0 spiro atoms. The molecule has 0 unspecified atom stereocenters. The molecule has 0 radical (unpaired) electrons. The highest BCUT2D eigenvalue weighted by Gasteiger charge is 2.31. The summed E-state index contributed by atoms with van der Waals surface area (Å²) >= 11 is 6.30. The summed E-state index contributed by atoms with van der Waals surface area (Å²) in [5.41, 5.74) is 4.25. The van der Waals surface area contributed by atoms with Crippen molar-refractivity contribution in [2.24, 2.45) is 13.0 Å². The van der Waals surface area contributed by atoms with Gasteiger partial charge >= 0.3 is 0 Å². The van der Waals surface area contributed by atoms with Crippen LogP contribution in [0.2, 0.25) is 5.02 Å². The highest BCUT2D eigenvalue weighted by Crippen LogP contribution is 2.29. The monoisotopic (exact) mass is 380 g/mol. The van der Waals surface area contributed by atoms with Crippen molar-refractivity contribution in [2.45, 2.75) is 25.9 Å². The van der Waals surface area contributed by atoms with E-state index in [1.807, 2.05) is 36.2 Å². The van der Waals surface area contributed by atoms with Crippen LogP contribution in [0, 0.1) is 5.92 Å². The second kappa shape index (κ2) is 7.53. The van der Waals surface area contributed by atoms with Crippen LogP contribution < -0.4 is 0 Å². The maximum absolute atomic E-state index is 13.4. The Bertz CT molecular complexity index is 929. The maximum atomic E-state index is 13.4. The van der Waals surface area contributed by atoms with Crippen molar-refractivity contribution in [3.05, 3.63) is 82.4 Å². The highest BCUT2D eigenvalue weighted by molar-refractivity contribution is 6.31. The number of pyridine rings is 1. The van der Waals surface area contributed by atoms with E-state index in [-0.39, 0.29) is 11.8 Å². The molecule has 3 aromatic rings. The minimum Gasteiger partial charge on any atom is -0.332 e. The van der Waals surface area contributed by atoms with Gasteiger partial charge in [0, 0.05) is 38.1 Å². The van der Waals surface area contributed by atoms with E-state index < -0.39 is 0 Å². The fourth-order valence-corrected chi connectivity index (χ4v) is 3.95. The second-order valence-corrected chi connectivity index (χ2v) is 7.43. The van der Waals surface area contributed by atoms with Gasteiger partial charge in [0.15, 0.2) is 0 Å². The fraction of sp³-hybridized carbons (Fsp3) is 0.286. The number of carbonyl (C=O) groups is 1. The number of carbonyl (C=O) groups excluding carboxylic acids is 1. The summed E-state index contributed by atoms with van der Waals surface area (Å²) in [4.78, 5) is 19.4. The Morgan fingerprint density at radius 1 is 1.19 bits per heavy atom. The molecular formula is C21H21ClN4O. The molecule has 0 fully saturated rings. The van der Waals surface area contributed by atoms with E-state index in [1.54, 1.807) is 23.3 Å². The van der Waals surface area contributed by atoms with Gasteiger partial charge in [-0.2, -0.15) is 5.10 Å². The van der Waals surface area contributed by atoms with Gasteiger partial charge in [0.1, 0.15) is 5.69 Å². The third-order valence-electron chi connectivity index (χ3n) is 5.00. The number of halogens is 1. The Hall–Kier alpha value is -2.66. The lowest BCUT2D eigenvalue weighted by atomic mass is 10.0. The molecule has 27 heavy (non-hydrogen) atoms. The zero-order chi connectivity index (χ0) is 18.8. The van der Waals surface area contributed by atoms with E-state index in [0.717, 1.165) is 18.4 Å². The number of aryl methyl sites for hydroxylation is 1. The Labute approximate surface area is 163 Å². The number of hydrogen-bond acceptors (Lipinski definition) is 3. The van der Waals surface area contributed by atoms with Crippen molar-refractivity contribution in [3.63, 3.8) is 0 Å². The predicted octanol–water partition coefficient (Wildman–Crippen LogP) is 3.41. The first kappa shape index (κ1) is 17.7. The molecule has 1 amide bonds. The molecule has 0 bridgehead atoms. The zero-order valence-electron chi connectivity index (χ0n) is 15.2. The summed E-state index contributed by atoms with van der Waals surface area (Å²) in [6, 6.07) is 12.2. The maximum Gasteiger partial charge on any atom is 0.227 e. The number of nitrogens with zero attached hydrogens (tertiary/aromatic N) is 4. The fourth-order valence-electron chi connectivity index (χ4n) is 3.71. The predicted molar refractivity (Wildman–Crippen MR) is 104 cm³/mol. The first-order valence-electron chi connectivity index (χ1n) is 9.02. The molecule has 6 heteroatoms. The van der Waals surface area contributed by atoms with Gasteiger partial charge < -0.3 is 4.90 Å². The highest BCUT2D eigenvalue weighted by atomic mass is 35.5. The molecular weight excluding hydrogens is 360 g/mol. The van der Waals surface area contributed by atoms with E-state index in [0.29, 0.717) is 23.8 Å². The summed E-state index contributed by atoms with van der Waals surface area (Å²) in [5.74, 6) is 0.0957. The van der Waals surface area contributed by atoms with E-state index in [1.165, 1.54) is 11.1 Å². The van der Waals surface area contributed by atoms with Crippen LogP contribution in [0.3, 0.4) is 0 Å². The molecule has 5 nitrogen and oxygen atoms in total. The number of rotatable bonds is 5. The molecule has 0 N–H and O–H groups in total. The summed E-state index contributed by atoms with van der Waals surface area (Å²) in [7, 11) is 1.83. The van der Waals surface area contributed by atoms with Crippen LogP contribution in [0.5, 0.6) is 0 Å². The second-order valence-electron chi connectivity index (χ2n) is 7.03. The van der Waals surface area contributed by atoms with E-state index in [9.17, 15) is 4.79 Å². The van der Waals surface area contributed by atoms with Crippen LogP contribution in [0.4, 0.5) is 0 Å². The summed E-state index contributed by atoms with van der Waals surface area (Å²) in [6.45, 7) is 0.882. The lowest BCUT2D eigenvalue weighted by molar-refractivity contribution is -0.136. The zero-order valence-corrected chi connectivity index (χ0v) is 15.9. The molecule has 0 atom stereocenters. The van der Waals surface area contributed by atoms with Gasteiger partial charge in [-0.05, 0) is 35.6 Å². The van der Waals surface area contributed by atoms with Crippen LogP contribution in [-0.4, -0.2) is 25.6 Å². The first-order valence-corrected chi connectivity index (χ1v) is 9.40. The summed E-state index contributed by atoms with van der Waals surface area (Å²) in [6.07, 6.45) is 6.86. The average Bonchev–Trinajstić information content (AvgIpc) is 3.24. The van der Waals surface area contributed by atoms with Gasteiger partial charge in [-0.3, -0.25) is 14.5 Å². The van der Waals surface area contributed by atoms with Gasteiger partial charge in [0.2, 0.25) is 5.91 Å². The Morgan fingerprint density at radius 2 is 1.93 bits per heavy atom. The first-order chi connectivity index (χ1) is 13.1. The number of hydrogen-bond donors (Lipinski definition) is 0. The Balaban J connectivity index is 1.57. The third kappa shape index (κ3) is 3.88. The van der Waals surface area contributed by atoms with Crippen LogP contribution in [-0.2, 0) is 37.8 Å². The molecule has 2 heterocycles. The van der Waals surface area contributed by atoms with Gasteiger partial charge in [-0.15, -0.1) is 0 Å². The normalized spacial score (nSPS) is 13.6. The van der Waals surface area contributed by atoms with Crippen LogP contribution in [0.1, 0.15) is 22.4 Å². The standard InChI is InChI=1S/C21H21ClN4O/c1-25-13-19(22)20(24-25)14-26(12-15-5-4-8-23-11-15)21(27)18-9-16-6-2-3-7-17(16)10-18/h2-8,11,13,18H,9-10,12,14H2,1H3. The third-order valence-corrected chi connectivity index (χ3v) is 5.32. The number of fused-ring (bicyclic) bond motifs is 1. The number of benzene rings is 1. The van der Waals surface area contributed by atoms with E-state index in [4.69, 9.17) is 11.6 Å². The van der Waals surface area contributed by atoms with Crippen molar-refractivity contribution >= 4 is 17.5 Å². The molecule has 0 saturated carbocycles. The van der Waals surface area contributed by atoms with E-state index in [2.05, 4.69) is 22.2 Å². The van der Waals surface area contributed by atoms with Crippen LogP contribution in [0.25, 0.3) is 0 Å². The summed E-state index contributed by atoms with van der Waals surface area (Å²) in [5, 5.41) is 5.00. The lowest BCUT2D eigenvalue weighted by Crippen LogP contribution is -2.36. The minimum absolute atomic E-state index is 0.0402. The SMILES string of the molecule is Cn1cc(Cl)c(CN(Cc2cccnc2)C(=O)C2Cc3ccccc3C2)n1. The Kier molecular flexibility index (Phi) is 4.94. The van der Waals surface area contributed by atoms with Crippen molar-refractivity contribution in [1.29, 1.82) is 0 Å². The van der Waals surface area contributed by atoms with Crippen molar-refractivity contribution < 1.29 is 4.79 Å². The lowest BCUT2D eigenvalue weighted by Gasteiger charge is -2.25. The quantitative estimate of drug-likeness (QED) is 0.681. The Morgan fingerprint density at radius 3 is 2.52 bits per heavy atom. The molecule has 1 aromatic carbocycles. The van der Waals surface area contributed by atoms with E-state index >= 15 is 0 Å². The smallest absolute Gasteiger partial charge is 0.227 e. The van der Waals surface area contributed by atoms with Gasteiger partial charge in [0.25, 0.3) is 0 Å². The molecule has 138 valence electrons. The van der Waals surface area contributed by atoms with Gasteiger partial charge in [-0.25, -0.2) is 0 Å². The molecule has 0 saturated heterocycles. The molecule has 1 aliphatic carbocycles. The summed E-state index contributed by atoms with van der Waals surface area (Å²) < 4.78 is 1.68. The van der Waals surface area contributed by atoms with Gasteiger partial charge in [0.05, 0.1) is 11.6 Å². The molecule has 0 aliphatic heterocycles. The van der Waals surface area contributed by atoms with Crippen LogP contribution >= 0.6 is 11.6 Å². The minimum atomic E-state index is -0.0402. The van der Waals surface area contributed by atoms with Gasteiger partial charge in [-0.1, -0.05) is 41.9 Å². The number of aromatic nitrogens is 3. The number of amides is 1. The van der Waals surface area contributed by atoms with Crippen molar-refractivity contribution in [1.82, 2.24) is 19.7 Å². The van der Waals surface area contributed by atoms with Crippen LogP contribution in [0.15, 0.2) is 55.0 Å². The average molecular weight is 381 g/mol. The van der Waals surface area contributed by atoms with Crippen molar-refractivity contribution in [3.8, 4) is 0 Å². The van der Waals surface area contributed by atoms with Crippen molar-refractivity contribution in [2.75, 3.05) is 0 Å². The molecule has 1 aliphatic rings.